The monoisotopic (exact) mass is 271 g/mol. The molecule has 104 valence electrons. The van der Waals surface area contributed by atoms with Gasteiger partial charge in [0.1, 0.15) is 5.75 Å². The molecule has 0 aliphatic heterocycles. The molecular weight excluding hydrogens is 253 g/mol. The minimum Gasteiger partial charge on any atom is -0.454 e. The first-order valence-electron chi connectivity index (χ1n) is 6.97. The van der Waals surface area contributed by atoms with Crippen molar-refractivity contribution in [2.24, 2.45) is 0 Å². The summed E-state index contributed by atoms with van der Waals surface area (Å²) < 4.78 is 19.2. The van der Waals surface area contributed by atoms with Crippen molar-refractivity contribution in [2.75, 3.05) is 0 Å². The quantitative estimate of drug-likeness (QED) is 0.881. The number of rotatable bonds is 5. The molecule has 2 aromatic carbocycles. The summed E-state index contributed by atoms with van der Waals surface area (Å²) in [6.45, 7) is 2.79. The van der Waals surface area contributed by atoms with Gasteiger partial charge in [-0.3, -0.25) is 0 Å². The summed E-state index contributed by atoms with van der Waals surface area (Å²) in [6.07, 6.45) is 2.57. The van der Waals surface area contributed by atoms with Crippen molar-refractivity contribution in [2.45, 2.75) is 32.4 Å². The molecule has 1 aliphatic carbocycles. The molecule has 3 rings (SSSR count). The molecule has 0 aromatic heterocycles. The van der Waals surface area contributed by atoms with E-state index in [1.165, 1.54) is 24.5 Å². The summed E-state index contributed by atoms with van der Waals surface area (Å²) in [6, 6.07) is 13.4. The van der Waals surface area contributed by atoms with Crippen LogP contribution in [-0.4, -0.2) is 6.04 Å². The van der Waals surface area contributed by atoms with E-state index in [0.717, 1.165) is 12.1 Å². The van der Waals surface area contributed by atoms with Gasteiger partial charge in [-0.25, -0.2) is 4.39 Å². The molecule has 0 saturated heterocycles. The lowest BCUT2D eigenvalue weighted by molar-refractivity contribution is 0.441. The third-order valence-electron chi connectivity index (χ3n) is 3.41. The SMILES string of the molecule is Cc1ccc(F)c(Oc2ccc(CNC3CC3)cc2)c1. The van der Waals surface area contributed by atoms with Crippen LogP contribution in [0.1, 0.15) is 24.0 Å². The molecule has 2 nitrogen and oxygen atoms in total. The van der Waals surface area contributed by atoms with Crippen LogP contribution in [-0.2, 0) is 6.54 Å². The first-order chi connectivity index (χ1) is 9.70. The van der Waals surface area contributed by atoms with E-state index >= 15 is 0 Å². The summed E-state index contributed by atoms with van der Waals surface area (Å²) in [7, 11) is 0. The maximum absolute atomic E-state index is 13.6. The fraction of sp³-hybridized carbons (Fsp3) is 0.294. The van der Waals surface area contributed by atoms with Gasteiger partial charge >= 0.3 is 0 Å². The summed E-state index contributed by atoms with van der Waals surface area (Å²) in [4.78, 5) is 0. The van der Waals surface area contributed by atoms with Gasteiger partial charge in [0, 0.05) is 12.6 Å². The van der Waals surface area contributed by atoms with Gasteiger partial charge in [-0.2, -0.15) is 0 Å². The van der Waals surface area contributed by atoms with Gasteiger partial charge in [-0.05, 0) is 55.2 Å². The largest absolute Gasteiger partial charge is 0.454 e. The van der Waals surface area contributed by atoms with Gasteiger partial charge in [0.15, 0.2) is 11.6 Å². The Balaban J connectivity index is 1.66. The summed E-state index contributed by atoms with van der Waals surface area (Å²) in [5.74, 6) is 0.591. The van der Waals surface area contributed by atoms with E-state index in [2.05, 4.69) is 5.32 Å². The molecule has 20 heavy (non-hydrogen) atoms. The number of halogens is 1. The van der Waals surface area contributed by atoms with Crippen LogP contribution in [0.4, 0.5) is 4.39 Å². The molecule has 0 atom stereocenters. The van der Waals surface area contributed by atoms with Crippen molar-refractivity contribution in [3.05, 3.63) is 59.4 Å². The topological polar surface area (TPSA) is 21.3 Å². The van der Waals surface area contributed by atoms with E-state index in [1.54, 1.807) is 12.1 Å². The molecule has 1 saturated carbocycles. The summed E-state index contributed by atoms with van der Waals surface area (Å²) in [5, 5.41) is 3.46. The molecule has 0 heterocycles. The van der Waals surface area contributed by atoms with Crippen LogP contribution in [0.5, 0.6) is 11.5 Å². The van der Waals surface area contributed by atoms with Crippen LogP contribution in [0.15, 0.2) is 42.5 Å². The van der Waals surface area contributed by atoms with Gasteiger partial charge in [0.25, 0.3) is 0 Å². The van der Waals surface area contributed by atoms with Crippen LogP contribution >= 0.6 is 0 Å². The van der Waals surface area contributed by atoms with Crippen LogP contribution in [0.3, 0.4) is 0 Å². The predicted molar refractivity (Wildman–Crippen MR) is 77.5 cm³/mol. The number of benzene rings is 2. The maximum Gasteiger partial charge on any atom is 0.165 e. The summed E-state index contributed by atoms with van der Waals surface area (Å²) >= 11 is 0. The molecular formula is C17H18FNO. The van der Waals surface area contributed by atoms with E-state index in [1.807, 2.05) is 31.2 Å². The van der Waals surface area contributed by atoms with Gasteiger partial charge in [-0.1, -0.05) is 18.2 Å². The Labute approximate surface area is 118 Å². The number of hydrogen-bond donors (Lipinski definition) is 1. The first-order valence-corrected chi connectivity index (χ1v) is 6.97. The molecule has 0 unspecified atom stereocenters. The maximum atomic E-state index is 13.6. The van der Waals surface area contributed by atoms with Gasteiger partial charge in [0.05, 0.1) is 0 Å². The van der Waals surface area contributed by atoms with Crippen LogP contribution in [0.25, 0.3) is 0 Å². The third kappa shape index (κ3) is 3.36. The highest BCUT2D eigenvalue weighted by Gasteiger charge is 2.19. The van der Waals surface area contributed by atoms with Crippen LogP contribution < -0.4 is 10.1 Å². The number of hydrogen-bond acceptors (Lipinski definition) is 2. The van der Waals surface area contributed by atoms with Crippen LogP contribution in [0, 0.1) is 12.7 Å². The Hall–Kier alpha value is -1.87. The standard InChI is InChI=1S/C17H18FNO/c1-12-2-9-16(18)17(10-12)20-15-7-3-13(4-8-15)11-19-14-5-6-14/h2-4,7-10,14,19H,5-6,11H2,1H3. The Morgan fingerprint density at radius 3 is 2.60 bits per heavy atom. The molecule has 0 spiro atoms. The number of aryl methyl sites for hydroxylation is 1. The normalized spacial score (nSPS) is 14.3. The minimum atomic E-state index is -0.338. The van der Waals surface area contributed by atoms with Crippen LogP contribution in [0.2, 0.25) is 0 Å². The van der Waals surface area contributed by atoms with Crippen molar-refractivity contribution >= 4 is 0 Å². The molecule has 0 bridgehead atoms. The smallest absolute Gasteiger partial charge is 0.165 e. The molecule has 1 fully saturated rings. The second kappa shape index (κ2) is 5.63. The molecule has 3 heteroatoms. The number of nitrogens with one attached hydrogen (secondary N) is 1. The Morgan fingerprint density at radius 2 is 1.90 bits per heavy atom. The Kier molecular flexibility index (Phi) is 3.70. The van der Waals surface area contributed by atoms with Crippen molar-refractivity contribution in [1.29, 1.82) is 0 Å². The first kappa shape index (κ1) is 13.1. The lowest BCUT2D eigenvalue weighted by Crippen LogP contribution is -2.14. The number of ether oxygens (including phenoxy) is 1. The zero-order valence-corrected chi connectivity index (χ0v) is 11.5. The minimum absolute atomic E-state index is 0.272. The molecule has 0 amide bonds. The molecule has 1 aliphatic rings. The van der Waals surface area contributed by atoms with Crippen molar-refractivity contribution < 1.29 is 9.13 Å². The van der Waals surface area contributed by atoms with Gasteiger partial charge in [0.2, 0.25) is 0 Å². The molecule has 1 N–H and O–H groups in total. The van der Waals surface area contributed by atoms with Crippen molar-refractivity contribution in [1.82, 2.24) is 5.32 Å². The van der Waals surface area contributed by atoms with E-state index < -0.39 is 0 Å². The predicted octanol–water partition coefficient (Wildman–Crippen LogP) is 4.18. The van der Waals surface area contributed by atoms with E-state index in [0.29, 0.717) is 11.8 Å². The average Bonchev–Trinajstić information content (AvgIpc) is 3.26. The molecule has 2 aromatic rings. The fourth-order valence-electron chi connectivity index (χ4n) is 2.04. The third-order valence-corrected chi connectivity index (χ3v) is 3.41. The zero-order valence-electron chi connectivity index (χ0n) is 11.5. The summed E-state index contributed by atoms with van der Waals surface area (Å²) in [5.41, 5.74) is 2.20. The van der Waals surface area contributed by atoms with Crippen molar-refractivity contribution in [3.8, 4) is 11.5 Å². The van der Waals surface area contributed by atoms with E-state index in [4.69, 9.17) is 4.74 Å². The van der Waals surface area contributed by atoms with Gasteiger partial charge < -0.3 is 10.1 Å². The zero-order chi connectivity index (χ0) is 13.9. The van der Waals surface area contributed by atoms with E-state index in [-0.39, 0.29) is 11.6 Å². The average molecular weight is 271 g/mol. The second-order valence-corrected chi connectivity index (χ2v) is 5.34. The highest BCUT2D eigenvalue weighted by molar-refractivity contribution is 5.36. The highest BCUT2D eigenvalue weighted by atomic mass is 19.1. The molecule has 0 radical (unpaired) electrons. The lowest BCUT2D eigenvalue weighted by atomic mass is 10.2. The second-order valence-electron chi connectivity index (χ2n) is 5.34. The Morgan fingerprint density at radius 1 is 1.15 bits per heavy atom. The fourth-order valence-corrected chi connectivity index (χ4v) is 2.04. The lowest BCUT2D eigenvalue weighted by Gasteiger charge is -2.09. The van der Waals surface area contributed by atoms with E-state index in [9.17, 15) is 4.39 Å². The van der Waals surface area contributed by atoms with Gasteiger partial charge in [-0.15, -0.1) is 0 Å². The Bertz CT molecular complexity index is 590. The van der Waals surface area contributed by atoms with Crippen molar-refractivity contribution in [3.63, 3.8) is 0 Å². The highest BCUT2D eigenvalue weighted by Crippen LogP contribution is 2.26.